The van der Waals surface area contributed by atoms with Crippen molar-refractivity contribution in [2.75, 3.05) is 33.0 Å². The predicted molar refractivity (Wildman–Crippen MR) is 108 cm³/mol. The second kappa shape index (κ2) is 14.0. The third kappa shape index (κ3) is 13.3. The molecule has 0 spiro atoms. The fourth-order valence-electron chi connectivity index (χ4n) is 2.46. The van der Waals surface area contributed by atoms with Crippen LogP contribution in [0.4, 0.5) is 39.5 Å². The summed E-state index contributed by atoms with van der Waals surface area (Å²) < 4.78 is 137. The van der Waals surface area contributed by atoms with E-state index in [4.69, 9.17) is 14.2 Å². The van der Waals surface area contributed by atoms with Gasteiger partial charge in [-0.3, -0.25) is 4.79 Å². The molecule has 2 atom stereocenters. The number of alkyl halides is 9. The molecule has 0 N–H and O–H groups in total. The number of hydrogen-bond acceptors (Lipinski definition) is 6. The first-order chi connectivity index (χ1) is 16.2. The van der Waals surface area contributed by atoms with E-state index >= 15 is 0 Å². The average Bonchev–Trinajstić information content (AvgIpc) is 2.71. The Morgan fingerprint density at radius 3 is 1.61 bits per heavy atom. The van der Waals surface area contributed by atoms with Gasteiger partial charge in [0.2, 0.25) is 6.10 Å². The second-order valence-corrected chi connectivity index (χ2v) is 8.70. The quantitative estimate of drug-likeness (QED) is 0.102. The van der Waals surface area contributed by atoms with Gasteiger partial charge in [0, 0.05) is 6.42 Å². The Kier molecular flexibility index (Phi) is 13.5. The van der Waals surface area contributed by atoms with Crippen molar-refractivity contribution in [1.82, 2.24) is 0 Å². The molecule has 0 aromatic carbocycles. The first-order valence-electron chi connectivity index (χ1n) is 11.0. The van der Waals surface area contributed by atoms with E-state index in [1.165, 1.54) is 6.92 Å². The molecule has 0 fully saturated rings. The lowest BCUT2D eigenvalue weighted by molar-refractivity contribution is -0.326. The van der Waals surface area contributed by atoms with Crippen molar-refractivity contribution in [1.29, 1.82) is 0 Å². The fourth-order valence-corrected chi connectivity index (χ4v) is 2.46. The van der Waals surface area contributed by atoms with Crippen LogP contribution in [0.2, 0.25) is 0 Å². The molecule has 0 aromatic rings. The van der Waals surface area contributed by atoms with Crippen LogP contribution >= 0.6 is 0 Å². The van der Waals surface area contributed by atoms with E-state index in [1.54, 1.807) is 20.8 Å². The number of esters is 1. The number of carbonyl (C=O) groups is 1. The molecule has 6 nitrogen and oxygen atoms in total. The van der Waals surface area contributed by atoms with E-state index in [0.29, 0.717) is 6.42 Å². The van der Waals surface area contributed by atoms with Crippen molar-refractivity contribution >= 4 is 5.97 Å². The minimum atomic E-state index is -5.69. The minimum Gasteiger partial charge on any atom is -0.465 e. The molecule has 0 radical (unpaired) electrons. The van der Waals surface area contributed by atoms with Crippen LogP contribution in [-0.4, -0.2) is 75.5 Å². The molecule has 0 bridgehead atoms. The van der Waals surface area contributed by atoms with Gasteiger partial charge in [-0.15, -0.1) is 0 Å². The smallest absolute Gasteiger partial charge is 0.423 e. The lowest BCUT2D eigenvalue weighted by Gasteiger charge is -2.31. The number of halogens is 9. The zero-order valence-electron chi connectivity index (χ0n) is 20.7. The van der Waals surface area contributed by atoms with E-state index in [9.17, 15) is 44.3 Å². The maximum absolute atomic E-state index is 12.6. The van der Waals surface area contributed by atoms with E-state index in [1.807, 2.05) is 0 Å². The zero-order valence-corrected chi connectivity index (χ0v) is 20.7. The Bertz CT molecular complexity index is 635. The molecule has 0 aliphatic carbocycles. The molecule has 0 aliphatic rings. The lowest BCUT2D eigenvalue weighted by Crippen LogP contribution is -2.45. The second-order valence-electron chi connectivity index (χ2n) is 8.70. The standard InChI is InChI=1S/C21H33F9O6/c1-6-17(3,4)16(31)34-9-7-8-18(5,35-12-10-32-14(2)19(22,23)24)36-13-11-33-15(20(25,26)27)21(28,29)30/h14-15H,6-13H2,1-5H3. The summed E-state index contributed by atoms with van der Waals surface area (Å²) >= 11 is 0. The third-order valence-electron chi connectivity index (χ3n) is 5.13. The molecule has 0 rings (SSSR count). The molecule has 0 aliphatic heterocycles. The van der Waals surface area contributed by atoms with E-state index < -0.39 is 74.3 Å². The van der Waals surface area contributed by atoms with Crippen LogP contribution in [0.3, 0.4) is 0 Å². The van der Waals surface area contributed by atoms with Gasteiger partial charge < -0.3 is 23.7 Å². The number of carbonyl (C=O) groups excluding carboxylic acids is 1. The van der Waals surface area contributed by atoms with Crippen molar-refractivity contribution in [3.8, 4) is 0 Å². The van der Waals surface area contributed by atoms with Crippen LogP contribution in [0.5, 0.6) is 0 Å². The Hall–Kier alpha value is -1.32. The van der Waals surface area contributed by atoms with E-state index in [2.05, 4.69) is 9.47 Å². The normalized spacial score (nSPS) is 16.2. The summed E-state index contributed by atoms with van der Waals surface area (Å²) in [5, 5.41) is 0. The van der Waals surface area contributed by atoms with Crippen LogP contribution in [0.25, 0.3) is 0 Å². The van der Waals surface area contributed by atoms with Crippen molar-refractivity contribution in [2.45, 2.75) is 90.4 Å². The topological polar surface area (TPSA) is 63.2 Å². The van der Waals surface area contributed by atoms with Gasteiger partial charge in [0.25, 0.3) is 0 Å². The zero-order chi connectivity index (χ0) is 28.4. The largest absolute Gasteiger partial charge is 0.465 e. The summed E-state index contributed by atoms with van der Waals surface area (Å²) in [7, 11) is 0. The van der Waals surface area contributed by atoms with Crippen LogP contribution in [0.15, 0.2) is 0 Å². The first kappa shape index (κ1) is 34.7. The van der Waals surface area contributed by atoms with E-state index in [0.717, 1.165) is 6.92 Å². The highest BCUT2D eigenvalue weighted by Gasteiger charge is 2.58. The molecular weight excluding hydrogens is 519 g/mol. The van der Waals surface area contributed by atoms with Gasteiger partial charge in [-0.1, -0.05) is 6.92 Å². The molecule has 36 heavy (non-hydrogen) atoms. The van der Waals surface area contributed by atoms with Crippen molar-refractivity contribution in [2.24, 2.45) is 5.41 Å². The van der Waals surface area contributed by atoms with E-state index in [-0.39, 0.29) is 19.4 Å². The monoisotopic (exact) mass is 552 g/mol. The minimum absolute atomic E-state index is 0.0658. The SMILES string of the molecule is CCC(C)(C)C(=O)OCCCC(C)(OCCOC(C)C(F)(F)F)OCCOC(C(F)(F)F)C(F)(F)F. The Morgan fingerprint density at radius 1 is 0.722 bits per heavy atom. The summed E-state index contributed by atoms with van der Waals surface area (Å²) in [5.41, 5.74) is -0.742. The summed E-state index contributed by atoms with van der Waals surface area (Å²) in [6, 6.07) is 0. The Labute approximate surface area is 203 Å². The molecule has 0 saturated carbocycles. The molecule has 0 saturated heterocycles. The highest BCUT2D eigenvalue weighted by atomic mass is 19.4. The molecular formula is C21H33F9O6. The fraction of sp³-hybridized carbons (Fsp3) is 0.952. The average molecular weight is 552 g/mol. The summed E-state index contributed by atoms with van der Waals surface area (Å²) in [6.07, 6.45) is -21.6. The molecule has 2 unspecified atom stereocenters. The number of hydrogen-bond donors (Lipinski definition) is 0. The molecule has 0 amide bonds. The van der Waals surface area contributed by atoms with Crippen LogP contribution in [-0.2, 0) is 28.5 Å². The first-order valence-corrected chi connectivity index (χ1v) is 11.0. The summed E-state index contributed by atoms with van der Waals surface area (Å²) in [4.78, 5) is 12.0. The van der Waals surface area contributed by atoms with Crippen LogP contribution < -0.4 is 0 Å². The van der Waals surface area contributed by atoms with Gasteiger partial charge in [0.05, 0.1) is 38.4 Å². The maximum atomic E-state index is 12.6. The number of rotatable bonds is 16. The summed E-state index contributed by atoms with van der Waals surface area (Å²) in [5.74, 6) is -2.14. The molecule has 15 heteroatoms. The highest BCUT2D eigenvalue weighted by Crippen LogP contribution is 2.35. The van der Waals surface area contributed by atoms with Crippen molar-refractivity contribution < 1.29 is 68.0 Å². The molecule has 0 heterocycles. The van der Waals surface area contributed by atoms with Crippen molar-refractivity contribution in [3.05, 3.63) is 0 Å². The molecule has 0 aromatic heterocycles. The summed E-state index contributed by atoms with van der Waals surface area (Å²) in [6.45, 7) is 4.24. The Balaban J connectivity index is 4.96. The predicted octanol–water partition coefficient (Wildman–Crippen LogP) is 5.97. The van der Waals surface area contributed by atoms with Crippen molar-refractivity contribution in [3.63, 3.8) is 0 Å². The third-order valence-corrected chi connectivity index (χ3v) is 5.13. The van der Waals surface area contributed by atoms with Gasteiger partial charge >= 0.3 is 24.5 Å². The van der Waals surface area contributed by atoms with Gasteiger partial charge in [0.15, 0.2) is 11.9 Å². The van der Waals surface area contributed by atoms with Crippen LogP contribution in [0, 0.1) is 5.41 Å². The van der Waals surface area contributed by atoms with Crippen LogP contribution in [0.1, 0.15) is 53.9 Å². The maximum Gasteiger partial charge on any atom is 0.423 e. The van der Waals surface area contributed by atoms with Gasteiger partial charge in [-0.05, 0) is 40.5 Å². The van der Waals surface area contributed by atoms with Gasteiger partial charge in [-0.2, -0.15) is 39.5 Å². The van der Waals surface area contributed by atoms with Gasteiger partial charge in [0.1, 0.15) is 0 Å². The molecule has 216 valence electrons. The highest BCUT2D eigenvalue weighted by molar-refractivity contribution is 5.75. The number of ether oxygens (including phenoxy) is 5. The van der Waals surface area contributed by atoms with Gasteiger partial charge in [-0.25, -0.2) is 0 Å². The lowest BCUT2D eigenvalue weighted by atomic mass is 9.91. The Morgan fingerprint density at radius 2 is 1.19 bits per heavy atom.